The van der Waals surface area contributed by atoms with Crippen molar-refractivity contribution in [3.63, 3.8) is 0 Å². The van der Waals surface area contributed by atoms with Gasteiger partial charge >= 0.3 is 0 Å². The molecule has 0 amide bonds. The molecule has 0 fully saturated rings. The van der Waals surface area contributed by atoms with Crippen molar-refractivity contribution < 1.29 is 4.74 Å². The monoisotopic (exact) mass is 193 g/mol. The molecule has 0 aliphatic heterocycles. The molecule has 0 aliphatic carbocycles. The quantitative estimate of drug-likeness (QED) is 0.794. The molecule has 13 heavy (non-hydrogen) atoms. The lowest BCUT2D eigenvalue weighted by molar-refractivity contribution is 0.420. The first-order valence-electron chi connectivity index (χ1n) is 4.10. The number of fused-ring (bicyclic) bond motifs is 1. The fraction of sp³-hybridized carbons (Fsp3) is 0.200. The predicted octanol–water partition coefficient (Wildman–Crippen LogP) is 2.37. The minimum absolute atomic E-state index is 0.584. The van der Waals surface area contributed by atoms with E-state index < -0.39 is 0 Å². The molecule has 1 aromatic heterocycles. The summed E-state index contributed by atoms with van der Waals surface area (Å²) < 4.78 is 6.49. The maximum absolute atomic E-state index is 5.63. The molecular formula is C10H11NOS. The van der Waals surface area contributed by atoms with Gasteiger partial charge in [-0.25, -0.2) is 0 Å². The summed E-state index contributed by atoms with van der Waals surface area (Å²) in [6.07, 6.45) is 0. The lowest BCUT2D eigenvalue weighted by Gasteiger charge is -2.04. The molecule has 3 heteroatoms. The maximum Gasteiger partial charge on any atom is 0.127 e. The van der Waals surface area contributed by atoms with Gasteiger partial charge in [0.15, 0.2) is 0 Å². The first-order chi connectivity index (χ1) is 6.36. The second-order valence-corrected chi connectivity index (χ2v) is 3.71. The summed E-state index contributed by atoms with van der Waals surface area (Å²) in [5.41, 5.74) is 6.82. The third-order valence-electron chi connectivity index (χ3n) is 2.10. The van der Waals surface area contributed by atoms with E-state index in [2.05, 4.69) is 11.4 Å². The topological polar surface area (TPSA) is 35.2 Å². The molecule has 2 N–H and O–H groups in total. The first-order valence-corrected chi connectivity index (χ1v) is 4.98. The fourth-order valence-corrected chi connectivity index (χ4v) is 2.37. The van der Waals surface area contributed by atoms with Crippen molar-refractivity contribution >= 4 is 21.4 Å². The highest BCUT2D eigenvalue weighted by molar-refractivity contribution is 7.17. The van der Waals surface area contributed by atoms with E-state index in [9.17, 15) is 0 Å². The van der Waals surface area contributed by atoms with Gasteiger partial charge in [0.2, 0.25) is 0 Å². The first kappa shape index (κ1) is 8.53. The van der Waals surface area contributed by atoms with Crippen LogP contribution in [0.1, 0.15) is 5.56 Å². The van der Waals surface area contributed by atoms with Crippen LogP contribution in [0.25, 0.3) is 10.1 Å². The molecule has 0 saturated carbocycles. The lowest BCUT2D eigenvalue weighted by atomic mass is 10.1. The Hall–Kier alpha value is -1.06. The van der Waals surface area contributed by atoms with Gasteiger partial charge in [-0.15, -0.1) is 11.3 Å². The molecule has 0 atom stereocenters. The molecule has 2 aromatic rings. The smallest absolute Gasteiger partial charge is 0.127 e. The Bertz CT molecular complexity index is 384. The predicted molar refractivity (Wildman–Crippen MR) is 56.3 cm³/mol. The summed E-state index contributed by atoms with van der Waals surface area (Å²) in [5.74, 6) is 0.924. The van der Waals surface area contributed by atoms with Crippen LogP contribution >= 0.6 is 11.3 Å². The van der Waals surface area contributed by atoms with Crippen molar-refractivity contribution in [2.75, 3.05) is 7.11 Å². The Labute approximate surface area is 80.9 Å². The van der Waals surface area contributed by atoms with Gasteiger partial charge in [0.1, 0.15) is 5.75 Å². The van der Waals surface area contributed by atoms with Crippen LogP contribution in [0.3, 0.4) is 0 Å². The second-order valence-electron chi connectivity index (χ2n) is 2.79. The molecule has 0 bridgehead atoms. The third-order valence-corrected chi connectivity index (χ3v) is 3.09. The molecular weight excluding hydrogens is 182 g/mol. The zero-order valence-electron chi connectivity index (χ0n) is 7.41. The van der Waals surface area contributed by atoms with Crippen molar-refractivity contribution in [2.24, 2.45) is 5.73 Å². The van der Waals surface area contributed by atoms with Gasteiger partial charge in [-0.05, 0) is 23.1 Å². The van der Waals surface area contributed by atoms with E-state index in [-0.39, 0.29) is 0 Å². The molecule has 0 radical (unpaired) electrons. The number of nitrogens with two attached hydrogens (primary N) is 1. The van der Waals surface area contributed by atoms with Crippen LogP contribution in [0.5, 0.6) is 5.75 Å². The summed E-state index contributed by atoms with van der Waals surface area (Å²) >= 11 is 1.71. The molecule has 0 spiro atoms. The number of benzene rings is 1. The van der Waals surface area contributed by atoms with Crippen molar-refractivity contribution in [1.82, 2.24) is 0 Å². The largest absolute Gasteiger partial charge is 0.496 e. The molecule has 1 heterocycles. The van der Waals surface area contributed by atoms with Gasteiger partial charge in [-0.2, -0.15) is 0 Å². The second kappa shape index (κ2) is 3.36. The van der Waals surface area contributed by atoms with Gasteiger partial charge in [0, 0.05) is 16.6 Å². The van der Waals surface area contributed by atoms with Crippen LogP contribution in [0.2, 0.25) is 0 Å². The van der Waals surface area contributed by atoms with E-state index in [0.717, 1.165) is 11.1 Å². The molecule has 0 aliphatic rings. The number of hydrogen-bond donors (Lipinski definition) is 1. The summed E-state index contributed by atoms with van der Waals surface area (Å²) in [4.78, 5) is 0. The average molecular weight is 193 g/mol. The molecule has 0 unspecified atom stereocenters. The highest BCUT2D eigenvalue weighted by Crippen LogP contribution is 2.32. The Balaban J connectivity index is 2.74. The van der Waals surface area contributed by atoms with Crippen LogP contribution in [-0.4, -0.2) is 7.11 Å². The van der Waals surface area contributed by atoms with Crippen LogP contribution in [0.4, 0.5) is 0 Å². The molecule has 2 rings (SSSR count). The Kier molecular flexibility index (Phi) is 2.20. The van der Waals surface area contributed by atoms with Gasteiger partial charge in [-0.1, -0.05) is 6.07 Å². The van der Waals surface area contributed by atoms with Gasteiger partial charge in [-0.3, -0.25) is 0 Å². The van der Waals surface area contributed by atoms with Crippen LogP contribution < -0.4 is 10.5 Å². The van der Waals surface area contributed by atoms with E-state index in [1.165, 1.54) is 10.3 Å². The number of thiophene rings is 1. The summed E-state index contributed by atoms with van der Waals surface area (Å²) in [6.45, 7) is 0.584. The van der Waals surface area contributed by atoms with Gasteiger partial charge in [0.05, 0.1) is 7.11 Å². The Morgan fingerprint density at radius 1 is 1.38 bits per heavy atom. The van der Waals surface area contributed by atoms with E-state index in [4.69, 9.17) is 10.5 Å². The highest BCUT2D eigenvalue weighted by Gasteiger charge is 2.05. The molecule has 0 saturated heterocycles. The van der Waals surface area contributed by atoms with Crippen LogP contribution in [0.15, 0.2) is 23.6 Å². The molecule has 68 valence electrons. The third kappa shape index (κ3) is 1.30. The summed E-state index contributed by atoms with van der Waals surface area (Å²) in [7, 11) is 1.69. The SMILES string of the molecule is COc1ccc(CN)c2sccc12. The Morgan fingerprint density at radius 2 is 2.23 bits per heavy atom. The summed E-state index contributed by atoms with van der Waals surface area (Å²) in [6, 6.07) is 6.06. The van der Waals surface area contributed by atoms with E-state index in [0.29, 0.717) is 6.54 Å². The maximum atomic E-state index is 5.63. The van der Waals surface area contributed by atoms with E-state index >= 15 is 0 Å². The van der Waals surface area contributed by atoms with Crippen molar-refractivity contribution in [2.45, 2.75) is 6.54 Å². The minimum Gasteiger partial charge on any atom is -0.496 e. The zero-order chi connectivity index (χ0) is 9.26. The van der Waals surface area contributed by atoms with Gasteiger partial charge in [0.25, 0.3) is 0 Å². The molecule has 2 nitrogen and oxygen atoms in total. The average Bonchev–Trinajstić information content (AvgIpc) is 2.64. The van der Waals surface area contributed by atoms with E-state index in [1.54, 1.807) is 18.4 Å². The highest BCUT2D eigenvalue weighted by atomic mass is 32.1. The van der Waals surface area contributed by atoms with Crippen molar-refractivity contribution in [1.29, 1.82) is 0 Å². The Morgan fingerprint density at radius 3 is 2.92 bits per heavy atom. The van der Waals surface area contributed by atoms with Gasteiger partial charge < -0.3 is 10.5 Å². The number of rotatable bonds is 2. The normalized spacial score (nSPS) is 10.6. The summed E-state index contributed by atoms with van der Waals surface area (Å²) in [5, 5.41) is 3.22. The number of methoxy groups -OCH3 is 1. The van der Waals surface area contributed by atoms with Crippen LogP contribution in [0, 0.1) is 0 Å². The minimum atomic E-state index is 0.584. The molecule has 1 aromatic carbocycles. The van der Waals surface area contributed by atoms with Crippen molar-refractivity contribution in [3.05, 3.63) is 29.1 Å². The van der Waals surface area contributed by atoms with E-state index in [1.807, 2.05) is 12.1 Å². The lowest BCUT2D eigenvalue weighted by Crippen LogP contribution is -1.96. The standard InChI is InChI=1S/C10H11NOS/c1-12-9-3-2-7(6-11)10-8(9)4-5-13-10/h2-5H,6,11H2,1H3. The van der Waals surface area contributed by atoms with Crippen molar-refractivity contribution in [3.8, 4) is 5.75 Å². The number of hydrogen-bond acceptors (Lipinski definition) is 3. The fourth-order valence-electron chi connectivity index (χ4n) is 1.43. The van der Waals surface area contributed by atoms with Crippen LogP contribution in [-0.2, 0) is 6.54 Å². The zero-order valence-corrected chi connectivity index (χ0v) is 8.23. The number of ether oxygens (including phenoxy) is 1.